The van der Waals surface area contributed by atoms with Crippen molar-refractivity contribution < 1.29 is 18.3 Å². The van der Waals surface area contributed by atoms with Gasteiger partial charge in [0, 0.05) is 0 Å². The van der Waals surface area contributed by atoms with E-state index in [1.54, 1.807) is 17.7 Å². The number of hydrogen-bond acceptors (Lipinski definition) is 0. The predicted molar refractivity (Wildman–Crippen MR) is 202 cm³/mol. The van der Waals surface area contributed by atoms with Crippen LogP contribution in [0.3, 0.4) is 0 Å². The van der Waals surface area contributed by atoms with Crippen LogP contribution in [0, 0.1) is 0 Å². The number of halogens is 2. The van der Waals surface area contributed by atoms with E-state index in [1.165, 1.54) is 59.9 Å². The molecule has 6 rings (SSSR count). The van der Waals surface area contributed by atoms with Gasteiger partial charge in [0.1, 0.15) is 0 Å². The molecule has 1 saturated carbocycles. The number of hydrogen-bond donors (Lipinski definition) is 0. The molecule has 0 unspecified atom stereocenters. The summed E-state index contributed by atoms with van der Waals surface area (Å²) in [5.41, 5.74) is 10.6. The third-order valence-electron chi connectivity index (χ3n) is 11.7. The Bertz CT molecular complexity index is 1600. The van der Waals surface area contributed by atoms with Gasteiger partial charge in [-0.05, 0) is 0 Å². The Morgan fingerprint density at radius 3 is 1.64 bits per heavy atom. The predicted octanol–water partition coefficient (Wildman–Crippen LogP) is 12.4. The molecule has 3 heteroatoms. The summed E-state index contributed by atoms with van der Waals surface area (Å²) in [4.78, 5) is 0. The van der Waals surface area contributed by atoms with Crippen LogP contribution in [0.5, 0.6) is 0 Å². The zero-order valence-corrected chi connectivity index (χ0v) is 33.1. The van der Waals surface area contributed by atoms with E-state index < -0.39 is 18.3 Å². The van der Waals surface area contributed by atoms with Crippen LogP contribution >= 0.6 is 24.8 Å². The summed E-state index contributed by atoms with van der Waals surface area (Å²) in [5, 5.41) is 0. The molecular formula is C42H56Cl2Zr. The second kappa shape index (κ2) is 12.8. The van der Waals surface area contributed by atoms with Crippen molar-refractivity contribution in [1.82, 2.24) is 0 Å². The van der Waals surface area contributed by atoms with Gasteiger partial charge in [0.25, 0.3) is 0 Å². The molecule has 0 aromatic heterocycles. The first-order chi connectivity index (χ1) is 20.2. The van der Waals surface area contributed by atoms with Gasteiger partial charge in [-0.2, -0.15) is 0 Å². The molecule has 3 aromatic carbocycles. The third-order valence-corrected chi connectivity index (χ3v) is 31.3. The van der Waals surface area contributed by atoms with Gasteiger partial charge in [-0.3, -0.25) is 0 Å². The van der Waals surface area contributed by atoms with Gasteiger partial charge in [-0.25, -0.2) is 0 Å². The van der Waals surface area contributed by atoms with Gasteiger partial charge in [-0.1, -0.05) is 0 Å². The number of fused-ring (bicyclic) bond motifs is 3. The van der Waals surface area contributed by atoms with Crippen molar-refractivity contribution in [2.75, 3.05) is 0 Å². The van der Waals surface area contributed by atoms with Crippen molar-refractivity contribution in [1.29, 1.82) is 0 Å². The number of rotatable bonds is 5. The monoisotopic (exact) mass is 720 g/mol. The van der Waals surface area contributed by atoms with Crippen LogP contribution in [-0.2, 0) is 29.1 Å². The van der Waals surface area contributed by atoms with E-state index in [9.17, 15) is 0 Å². The molecule has 0 bridgehead atoms. The minimum absolute atomic E-state index is 0. The standard InChI is InChI=1S/C21H25.C9H11.C6H11.C5H5.CH2.2ClH.Zr/c1-20(2,3)16-7-9-18-14(12-16)11-15-13-17(21(4,5)6)8-10-19(15)18;1-8(2)9-6-4-3-5-7-9;1-2-4-6-5-3-1;1-2-4-5-3-1;;;;/h7-13H,1-6H3;4-8H,1-2H3;1H,2-6H2;1-3H,4H2;1H2;2*1H;. The van der Waals surface area contributed by atoms with E-state index in [-0.39, 0.29) is 35.6 Å². The molecule has 0 amide bonds. The maximum atomic E-state index is 5.92. The average Bonchev–Trinajstić information content (AvgIpc) is 3.64. The first-order valence-electron chi connectivity index (χ1n) is 17.0. The first-order valence-corrected chi connectivity index (χ1v) is 24.1. The van der Waals surface area contributed by atoms with E-state index in [0.717, 1.165) is 6.42 Å². The van der Waals surface area contributed by atoms with Crippen molar-refractivity contribution in [2.45, 2.75) is 118 Å². The molecule has 3 aliphatic rings. The number of allylic oxidation sites excluding steroid dienone is 4. The maximum absolute atomic E-state index is 5.92. The fourth-order valence-corrected chi connectivity index (χ4v) is 29.3. The number of benzene rings is 3. The van der Waals surface area contributed by atoms with Crippen LogP contribution < -0.4 is 3.27 Å². The summed E-state index contributed by atoms with van der Waals surface area (Å²) in [5.74, 6) is 0.526. The van der Waals surface area contributed by atoms with Gasteiger partial charge in [-0.15, -0.1) is 24.8 Å². The van der Waals surface area contributed by atoms with E-state index in [2.05, 4.69) is 134 Å². The molecule has 1 fully saturated rings. The molecule has 45 heavy (non-hydrogen) atoms. The van der Waals surface area contributed by atoms with Gasteiger partial charge in [0.05, 0.1) is 0 Å². The molecule has 0 aliphatic heterocycles. The second-order valence-electron chi connectivity index (χ2n) is 16.6. The Morgan fingerprint density at radius 2 is 1.22 bits per heavy atom. The van der Waals surface area contributed by atoms with Gasteiger partial charge in [0.15, 0.2) is 0 Å². The molecule has 3 aliphatic carbocycles. The zero-order chi connectivity index (χ0) is 30.8. The van der Waals surface area contributed by atoms with E-state index in [0.29, 0.717) is 13.2 Å². The van der Waals surface area contributed by atoms with Gasteiger partial charge >= 0.3 is 265 Å². The third kappa shape index (κ3) is 5.81. The van der Waals surface area contributed by atoms with Crippen molar-refractivity contribution in [2.24, 2.45) is 0 Å². The topological polar surface area (TPSA) is 0 Å². The summed E-state index contributed by atoms with van der Waals surface area (Å²) >= 11 is -4.48. The molecule has 0 nitrogen and oxygen atoms in total. The Morgan fingerprint density at radius 1 is 0.711 bits per heavy atom. The van der Waals surface area contributed by atoms with E-state index >= 15 is 0 Å². The SMILES string of the molecule is Cl.Cl.[CH2]=[Zr]([C]1=CC=CC1)([c]1ccc(C(C)C)cc1)([CH]1CCCCC1)[CH]1c2cc(C(C)(C)C)ccc2-c2ccc(C(C)(C)C)cc21. The zero-order valence-electron chi connectivity index (χ0n) is 29.0. The van der Waals surface area contributed by atoms with Crippen LogP contribution in [-0.4, -0.2) is 4.21 Å². The molecule has 0 heterocycles. The molecule has 0 radical (unpaired) electrons. The minimum atomic E-state index is -4.48. The molecule has 0 saturated heterocycles. The molecule has 3 aromatic rings. The normalized spacial score (nSPS) is 17.4. The molecule has 0 spiro atoms. The van der Waals surface area contributed by atoms with Gasteiger partial charge in [0.2, 0.25) is 0 Å². The summed E-state index contributed by atoms with van der Waals surface area (Å²) in [6.07, 6.45) is 15.1. The molecule has 242 valence electrons. The summed E-state index contributed by atoms with van der Waals surface area (Å²) in [6.45, 7) is 18.9. The average molecular weight is 723 g/mol. The van der Waals surface area contributed by atoms with Crippen LogP contribution in [0.2, 0.25) is 3.63 Å². The summed E-state index contributed by atoms with van der Waals surface area (Å²) < 4.78 is 10.2. The molecule has 0 atom stereocenters. The fraction of sp³-hybridized carbons (Fsp3) is 0.452. The Labute approximate surface area is 287 Å². The summed E-state index contributed by atoms with van der Waals surface area (Å²) in [6, 6.07) is 25.1. The molecular weight excluding hydrogens is 667 g/mol. The molecule has 0 N–H and O–H groups in total. The Balaban J connectivity index is 0.00000230. The van der Waals surface area contributed by atoms with Crippen molar-refractivity contribution in [3.63, 3.8) is 0 Å². The van der Waals surface area contributed by atoms with Gasteiger partial charge < -0.3 is 0 Å². The van der Waals surface area contributed by atoms with E-state index in [1.807, 2.05) is 0 Å². The quantitative estimate of drug-likeness (QED) is 0.246. The summed E-state index contributed by atoms with van der Waals surface area (Å²) in [7, 11) is 0. The first kappa shape index (κ1) is 36.3. The Kier molecular flexibility index (Phi) is 10.3. The Hall–Kier alpha value is -1.53. The second-order valence-corrected chi connectivity index (χ2v) is 31.0. The van der Waals surface area contributed by atoms with Crippen molar-refractivity contribution >= 4 is 32.3 Å². The fourth-order valence-electron chi connectivity index (χ4n) is 9.08. The van der Waals surface area contributed by atoms with E-state index in [4.69, 9.17) is 4.21 Å². The van der Waals surface area contributed by atoms with Crippen LogP contribution in [0.1, 0.15) is 131 Å². The van der Waals surface area contributed by atoms with Crippen LogP contribution in [0.25, 0.3) is 11.1 Å². The van der Waals surface area contributed by atoms with Crippen LogP contribution in [0.15, 0.2) is 82.2 Å². The van der Waals surface area contributed by atoms with Crippen molar-refractivity contribution in [3.05, 3.63) is 110 Å². The van der Waals surface area contributed by atoms with Crippen molar-refractivity contribution in [3.8, 4) is 11.1 Å². The van der Waals surface area contributed by atoms with Crippen LogP contribution in [0.4, 0.5) is 0 Å².